The number of aromatic amines is 1. The molecule has 0 saturated carbocycles. The molecule has 0 aliphatic carbocycles. The molecule has 0 radical (unpaired) electrons. The van der Waals surface area contributed by atoms with E-state index in [0.29, 0.717) is 38.7 Å². The molecule has 1 fully saturated rings. The van der Waals surface area contributed by atoms with Gasteiger partial charge in [-0.05, 0) is 42.8 Å². The summed E-state index contributed by atoms with van der Waals surface area (Å²) in [4.78, 5) is 36.4. The first-order chi connectivity index (χ1) is 18.8. The lowest BCUT2D eigenvalue weighted by atomic mass is 10.1. The quantitative estimate of drug-likeness (QED) is 0.361. The summed E-state index contributed by atoms with van der Waals surface area (Å²) < 4.78 is 43.0. The van der Waals surface area contributed by atoms with Crippen LogP contribution < -0.4 is 4.74 Å². The van der Waals surface area contributed by atoms with Crippen molar-refractivity contribution >= 4 is 16.9 Å². The van der Waals surface area contributed by atoms with E-state index in [-0.39, 0.29) is 13.1 Å². The number of halogens is 3. The third-order valence-electron chi connectivity index (χ3n) is 6.45. The van der Waals surface area contributed by atoms with E-state index in [1.165, 1.54) is 4.90 Å². The van der Waals surface area contributed by atoms with Crippen molar-refractivity contribution in [3.05, 3.63) is 65.9 Å². The van der Waals surface area contributed by atoms with E-state index in [9.17, 15) is 18.0 Å². The number of imidazole rings is 1. The zero-order chi connectivity index (χ0) is 27.4. The molecule has 1 aliphatic rings. The van der Waals surface area contributed by atoms with Crippen LogP contribution in [0, 0.1) is 0 Å². The van der Waals surface area contributed by atoms with Crippen LogP contribution in [-0.2, 0) is 17.8 Å². The molecule has 4 heterocycles. The Morgan fingerprint density at radius 3 is 2.59 bits per heavy atom. The Hall–Kier alpha value is -4.06. The topological polar surface area (TPSA) is 100 Å². The molecule has 39 heavy (non-hydrogen) atoms. The maximum absolute atomic E-state index is 12.5. The minimum Gasteiger partial charge on any atom is -0.464 e. The standard InChI is InChI=1S/C27H28F3N7O2/c1-2-39-26-32-8-6-21(35-26)19-3-4-22-23(14-19)34-24(33-22)15-20-13-18(5-7-31-20)17-36-9-11-37(12-10-36)25(38)16-27(28,29)30/h3-8,13-14H,2,9-12,15-17H2,1H3,(H,33,34). The number of nitrogens with zero attached hydrogens (tertiary/aromatic N) is 6. The lowest BCUT2D eigenvalue weighted by Crippen LogP contribution is -2.49. The van der Waals surface area contributed by atoms with E-state index < -0.39 is 18.5 Å². The molecule has 3 aromatic heterocycles. The van der Waals surface area contributed by atoms with Crippen LogP contribution in [0.2, 0.25) is 0 Å². The number of aromatic nitrogens is 5. The molecule has 1 amide bonds. The predicted octanol–water partition coefficient (Wildman–Crippen LogP) is 4.00. The predicted molar refractivity (Wildman–Crippen MR) is 138 cm³/mol. The van der Waals surface area contributed by atoms with Crippen molar-refractivity contribution in [2.24, 2.45) is 0 Å². The van der Waals surface area contributed by atoms with Gasteiger partial charge in [0.05, 0.1) is 23.3 Å². The van der Waals surface area contributed by atoms with E-state index in [2.05, 4.69) is 24.8 Å². The third kappa shape index (κ3) is 6.88. The van der Waals surface area contributed by atoms with Gasteiger partial charge in [-0.15, -0.1) is 0 Å². The number of rotatable bonds is 8. The number of fused-ring (bicyclic) bond motifs is 1. The highest BCUT2D eigenvalue weighted by Gasteiger charge is 2.34. The van der Waals surface area contributed by atoms with Crippen molar-refractivity contribution in [2.45, 2.75) is 32.5 Å². The van der Waals surface area contributed by atoms with Crippen LogP contribution in [0.4, 0.5) is 13.2 Å². The molecule has 12 heteroatoms. The largest absolute Gasteiger partial charge is 0.464 e. The maximum atomic E-state index is 12.5. The number of carbonyl (C=O) groups is 1. The Morgan fingerprint density at radius 1 is 1.03 bits per heavy atom. The number of pyridine rings is 1. The third-order valence-corrected chi connectivity index (χ3v) is 6.45. The van der Waals surface area contributed by atoms with E-state index in [4.69, 9.17) is 9.72 Å². The van der Waals surface area contributed by atoms with Crippen molar-refractivity contribution < 1.29 is 22.7 Å². The average Bonchev–Trinajstić information content (AvgIpc) is 3.30. The van der Waals surface area contributed by atoms with E-state index in [1.807, 2.05) is 43.3 Å². The summed E-state index contributed by atoms with van der Waals surface area (Å²) in [5, 5.41) is 0. The Kier molecular flexibility index (Phi) is 7.73. The number of nitrogens with one attached hydrogen (secondary N) is 1. The first-order valence-electron chi connectivity index (χ1n) is 12.7. The molecule has 204 valence electrons. The highest BCUT2D eigenvalue weighted by Crippen LogP contribution is 2.24. The normalized spacial score (nSPS) is 14.6. The highest BCUT2D eigenvalue weighted by molar-refractivity contribution is 5.81. The molecule has 9 nitrogen and oxygen atoms in total. The van der Waals surface area contributed by atoms with Gasteiger partial charge < -0.3 is 14.6 Å². The summed E-state index contributed by atoms with van der Waals surface area (Å²) >= 11 is 0. The second kappa shape index (κ2) is 11.4. The zero-order valence-electron chi connectivity index (χ0n) is 21.4. The number of alkyl halides is 3. The Morgan fingerprint density at radius 2 is 1.82 bits per heavy atom. The number of benzene rings is 1. The zero-order valence-corrected chi connectivity index (χ0v) is 21.4. The minimum atomic E-state index is -4.48. The molecule has 0 spiro atoms. The molecule has 0 bridgehead atoms. The fourth-order valence-corrected chi connectivity index (χ4v) is 4.60. The summed E-state index contributed by atoms with van der Waals surface area (Å²) in [5.74, 6) is -0.0834. The van der Waals surface area contributed by atoms with Crippen molar-refractivity contribution in [2.75, 3.05) is 32.8 Å². The van der Waals surface area contributed by atoms with Crippen molar-refractivity contribution in [1.82, 2.24) is 34.7 Å². The SMILES string of the molecule is CCOc1nccc(-c2ccc3nc(Cc4cc(CN5CCN(C(=O)CC(F)(F)F)CC5)ccn4)[nH]c3c2)n1. The second-order valence-corrected chi connectivity index (χ2v) is 9.35. The molecule has 0 atom stereocenters. The fourth-order valence-electron chi connectivity index (χ4n) is 4.60. The van der Waals surface area contributed by atoms with Gasteiger partial charge in [0.1, 0.15) is 12.2 Å². The lowest BCUT2D eigenvalue weighted by molar-refractivity contribution is -0.162. The first kappa shape index (κ1) is 26.5. The van der Waals surface area contributed by atoms with Gasteiger partial charge in [-0.3, -0.25) is 14.7 Å². The molecular formula is C27H28F3N7O2. The van der Waals surface area contributed by atoms with Gasteiger partial charge in [0.2, 0.25) is 5.91 Å². The van der Waals surface area contributed by atoms with E-state index >= 15 is 0 Å². The highest BCUT2D eigenvalue weighted by atomic mass is 19.4. The van der Waals surface area contributed by atoms with Crippen LogP contribution in [-0.4, -0.2) is 79.6 Å². The number of ether oxygens (including phenoxy) is 1. The number of hydrogen-bond donors (Lipinski definition) is 1. The Bertz CT molecular complexity index is 1450. The summed E-state index contributed by atoms with van der Waals surface area (Å²) in [6.45, 7) is 4.62. The molecular weight excluding hydrogens is 511 g/mol. The summed E-state index contributed by atoms with van der Waals surface area (Å²) in [6, 6.07) is 12.0. The van der Waals surface area contributed by atoms with Crippen LogP contribution >= 0.6 is 0 Å². The summed E-state index contributed by atoms with van der Waals surface area (Å²) in [7, 11) is 0. The van der Waals surface area contributed by atoms with Crippen LogP contribution in [0.25, 0.3) is 22.3 Å². The van der Waals surface area contributed by atoms with Gasteiger partial charge in [0.15, 0.2) is 0 Å². The summed E-state index contributed by atoms with van der Waals surface area (Å²) in [5.41, 5.74) is 5.29. The Labute approximate surface area is 223 Å². The number of H-pyrrole nitrogens is 1. The smallest absolute Gasteiger partial charge is 0.397 e. The van der Waals surface area contributed by atoms with Gasteiger partial charge in [-0.2, -0.15) is 18.2 Å². The number of hydrogen-bond acceptors (Lipinski definition) is 7. The fraction of sp³-hybridized carbons (Fsp3) is 0.370. The minimum absolute atomic E-state index is 0.287. The monoisotopic (exact) mass is 539 g/mol. The second-order valence-electron chi connectivity index (χ2n) is 9.35. The van der Waals surface area contributed by atoms with Crippen molar-refractivity contribution in [3.63, 3.8) is 0 Å². The Balaban J connectivity index is 1.21. The number of carbonyl (C=O) groups excluding carboxylic acids is 1. The molecule has 1 aliphatic heterocycles. The van der Waals surface area contributed by atoms with Gasteiger partial charge in [0, 0.05) is 62.8 Å². The van der Waals surface area contributed by atoms with E-state index in [0.717, 1.165) is 39.4 Å². The summed E-state index contributed by atoms with van der Waals surface area (Å²) in [6.07, 6.45) is -1.95. The van der Waals surface area contributed by atoms with Gasteiger partial charge in [0.25, 0.3) is 0 Å². The van der Waals surface area contributed by atoms with Gasteiger partial charge in [-0.25, -0.2) is 9.97 Å². The molecule has 1 aromatic carbocycles. The van der Waals surface area contributed by atoms with Crippen LogP contribution in [0.5, 0.6) is 6.01 Å². The van der Waals surface area contributed by atoms with Crippen molar-refractivity contribution in [3.8, 4) is 17.3 Å². The van der Waals surface area contributed by atoms with Gasteiger partial charge >= 0.3 is 12.2 Å². The number of piperazine rings is 1. The van der Waals surface area contributed by atoms with Crippen LogP contribution in [0.15, 0.2) is 48.8 Å². The first-order valence-corrected chi connectivity index (χ1v) is 12.7. The van der Waals surface area contributed by atoms with Gasteiger partial charge in [-0.1, -0.05) is 6.07 Å². The van der Waals surface area contributed by atoms with Crippen LogP contribution in [0.3, 0.4) is 0 Å². The van der Waals surface area contributed by atoms with Crippen LogP contribution in [0.1, 0.15) is 30.4 Å². The number of amides is 1. The molecule has 1 N–H and O–H groups in total. The lowest BCUT2D eigenvalue weighted by Gasteiger charge is -2.35. The molecule has 5 rings (SSSR count). The van der Waals surface area contributed by atoms with Crippen molar-refractivity contribution in [1.29, 1.82) is 0 Å². The average molecular weight is 540 g/mol. The maximum Gasteiger partial charge on any atom is 0.397 e. The molecule has 1 saturated heterocycles. The van der Waals surface area contributed by atoms with E-state index in [1.54, 1.807) is 12.4 Å². The molecule has 4 aromatic rings. The molecule has 0 unspecified atom stereocenters.